The lowest BCUT2D eigenvalue weighted by Gasteiger charge is -2.34. The summed E-state index contributed by atoms with van der Waals surface area (Å²) in [5.74, 6) is -0.0367. The first-order valence-corrected chi connectivity index (χ1v) is 7.12. The Morgan fingerprint density at radius 3 is 2.60 bits per heavy atom. The lowest BCUT2D eigenvalue weighted by Crippen LogP contribution is -2.42. The lowest BCUT2D eigenvalue weighted by atomic mass is 9.81. The second kappa shape index (κ2) is 7.30. The first-order valence-electron chi connectivity index (χ1n) is 6.75. The van der Waals surface area contributed by atoms with Gasteiger partial charge in [0.2, 0.25) is 0 Å². The molecule has 2 N–H and O–H groups in total. The molecule has 1 aromatic carbocycles. The van der Waals surface area contributed by atoms with Crippen molar-refractivity contribution in [3.05, 3.63) is 34.3 Å². The van der Waals surface area contributed by atoms with Crippen LogP contribution in [0.4, 0.5) is 0 Å². The van der Waals surface area contributed by atoms with Crippen LogP contribution in [0.5, 0.6) is 0 Å². The van der Waals surface area contributed by atoms with Crippen molar-refractivity contribution in [2.24, 2.45) is 5.41 Å². The molecule has 5 heteroatoms. The number of hydrogen-bond acceptors (Lipinski definition) is 2. The Bertz CT molecular complexity index is 451. The third-order valence-corrected chi connectivity index (χ3v) is 4.01. The Morgan fingerprint density at radius 2 is 2.00 bits per heavy atom. The average molecular weight is 317 g/mol. The highest BCUT2D eigenvalue weighted by Gasteiger charge is 2.27. The van der Waals surface area contributed by atoms with Crippen molar-refractivity contribution in [1.29, 1.82) is 0 Å². The van der Waals surface area contributed by atoms with Crippen molar-refractivity contribution < 1.29 is 4.79 Å². The van der Waals surface area contributed by atoms with Gasteiger partial charge < -0.3 is 10.6 Å². The molecule has 1 aliphatic heterocycles. The summed E-state index contributed by atoms with van der Waals surface area (Å²) >= 11 is 5.98. The lowest BCUT2D eigenvalue weighted by molar-refractivity contribution is 0.0922. The van der Waals surface area contributed by atoms with Crippen LogP contribution in [0.25, 0.3) is 0 Å². The van der Waals surface area contributed by atoms with Gasteiger partial charge in [-0.1, -0.05) is 18.5 Å². The zero-order chi connectivity index (χ0) is 13.9. The van der Waals surface area contributed by atoms with Crippen LogP contribution >= 0.6 is 24.0 Å². The van der Waals surface area contributed by atoms with Gasteiger partial charge in [0.1, 0.15) is 0 Å². The van der Waals surface area contributed by atoms with Gasteiger partial charge in [-0.25, -0.2) is 0 Å². The zero-order valence-electron chi connectivity index (χ0n) is 12.0. The van der Waals surface area contributed by atoms with Gasteiger partial charge in [0.25, 0.3) is 5.91 Å². The van der Waals surface area contributed by atoms with Gasteiger partial charge >= 0.3 is 0 Å². The fourth-order valence-corrected chi connectivity index (χ4v) is 2.76. The van der Waals surface area contributed by atoms with E-state index in [0.717, 1.165) is 38.0 Å². The molecule has 0 atom stereocenters. The molecule has 1 aliphatic rings. The van der Waals surface area contributed by atoms with Crippen molar-refractivity contribution in [2.75, 3.05) is 19.6 Å². The summed E-state index contributed by atoms with van der Waals surface area (Å²) in [5, 5.41) is 6.99. The monoisotopic (exact) mass is 316 g/mol. The minimum atomic E-state index is -0.0367. The van der Waals surface area contributed by atoms with Crippen molar-refractivity contribution in [2.45, 2.75) is 26.7 Å². The van der Waals surface area contributed by atoms with Gasteiger partial charge in [-0.2, -0.15) is 0 Å². The van der Waals surface area contributed by atoms with E-state index in [1.165, 1.54) is 0 Å². The summed E-state index contributed by atoms with van der Waals surface area (Å²) in [4.78, 5) is 12.1. The molecule has 1 saturated heterocycles. The van der Waals surface area contributed by atoms with E-state index in [9.17, 15) is 4.79 Å². The molecule has 0 bridgehead atoms. The molecule has 1 heterocycles. The molecule has 1 amide bonds. The number of amides is 1. The van der Waals surface area contributed by atoms with Gasteiger partial charge in [0.15, 0.2) is 0 Å². The largest absolute Gasteiger partial charge is 0.351 e. The highest BCUT2D eigenvalue weighted by Crippen LogP contribution is 2.26. The second-order valence-corrected chi connectivity index (χ2v) is 6.20. The second-order valence-electron chi connectivity index (χ2n) is 5.76. The van der Waals surface area contributed by atoms with Gasteiger partial charge in [-0.15, -0.1) is 12.4 Å². The van der Waals surface area contributed by atoms with Crippen LogP contribution in [-0.4, -0.2) is 25.5 Å². The molecule has 3 nitrogen and oxygen atoms in total. The first kappa shape index (κ1) is 17.3. The predicted molar refractivity (Wildman–Crippen MR) is 86.0 cm³/mol. The number of rotatable bonds is 3. The van der Waals surface area contributed by atoms with E-state index in [0.29, 0.717) is 10.6 Å². The van der Waals surface area contributed by atoms with E-state index in [1.54, 1.807) is 6.07 Å². The Balaban J connectivity index is 0.00000200. The molecular weight excluding hydrogens is 295 g/mol. The molecule has 0 aromatic heterocycles. The summed E-state index contributed by atoms with van der Waals surface area (Å²) in [6.45, 7) is 6.96. The quantitative estimate of drug-likeness (QED) is 0.899. The molecule has 20 heavy (non-hydrogen) atoms. The first-order chi connectivity index (χ1) is 8.98. The molecule has 0 spiro atoms. The van der Waals surface area contributed by atoms with E-state index in [-0.39, 0.29) is 23.7 Å². The van der Waals surface area contributed by atoms with E-state index >= 15 is 0 Å². The molecule has 112 valence electrons. The van der Waals surface area contributed by atoms with Gasteiger partial charge in [-0.05, 0) is 62.0 Å². The van der Waals surface area contributed by atoms with E-state index < -0.39 is 0 Å². The molecule has 0 aliphatic carbocycles. The maximum atomic E-state index is 12.1. The fourth-order valence-electron chi connectivity index (χ4n) is 2.47. The molecule has 1 aromatic rings. The Kier molecular flexibility index (Phi) is 6.31. The molecule has 1 fully saturated rings. The summed E-state index contributed by atoms with van der Waals surface area (Å²) in [6.07, 6.45) is 2.20. The Labute approximate surface area is 131 Å². The highest BCUT2D eigenvalue weighted by molar-refractivity contribution is 6.31. The van der Waals surface area contributed by atoms with E-state index in [4.69, 9.17) is 11.6 Å². The zero-order valence-corrected chi connectivity index (χ0v) is 13.5. The van der Waals surface area contributed by atoms with Crippen molar-refractivity contribution in [3.8, 4) is 0 Å². The summed E-state index contributed by atoms with van der Waals surface area (Å²) in [6, 6.07) is 5.44. The number of aryl methyl sites for hydroxylation is 1. The number of benzene rings is 1. The molecule has 2 rings (SSSR count). The average Bonchev–Trinajstić information content (AvgIpc) is 2.36. The third kappa shape index (κ3) is 4.65. The fraction of sp³-hybridized carbons (Fsp3) is 0.533. The number of piperidine rings is 1. The SMILES string of the molecule is Cc1cc(Cl)cc(C(=O)NCC2(C)CCNCC2)c1.Cl. The Hall–Kier alpha value is -0.770. The van der Waals surface area contributed by atoms with Gasteiger partial charge in [0.05, 0.1) is 0 Å². The van der Waals surface area contributed by atoms with E-state index in [1.807, 2.05) is 19.1 Å². The third-order valence-electron chi connectivity index (χ3n) is 3.79. The number of carbonyl (C=O) groups is 1. The summed E-state index contributed by atoms with van der Waals surface area (Å²) < 4.78 is 0. The van der Waals surface area contributed by atoms with Crippen molar-refractivity contribution in [1.82, 2.24) is 10.6 Å². The van der Waals surface area contributed by atoms with E-state index in [2.05, 4.69) is 17.6 Å². The van der Waals surface area contributed by atoms with Crippen LogP contribution in [0, 0.1) is 12.3 Å². The molecule has 0 unspecified atom stereocenters. The highest BCUT2D eigenvalue weighted by atomic mass is 35.5. The van der Waals surface area contributed by atoms with Crippen LogP contribution in [-0.2, 0) is 0 Å². The number of halogens is 2. The Morgan fingerprint density at radius 1 is 1.35 bits per heavy atom. The molecule has 0 saturated carbocycles. The minimum absolute atomic E-state index is 0. The van der Waals surface area contributed by atoms with Gasteiger partial charge in [0, 0.05) is 17.1 Å². The molecule has 0 radical (unpaired) electrons. The standard InChI is InChI=1S/C15H21ClN2O.ClH/c1-11-7-12(9-13(16)8-11)14(19)18-10-15(2)3-5-17-6-4-15;/h7-9,17H,3-6,10H2,1-2H3,(H,18,19);1H. The smallest absolute Gasteiger partial charge is 0.251 e. The maximum Gasteiger partial charge on any atom is 0.251 e. The maximum absolute atomic E-state index is 12.1. The normalized spacial score (nSPS) is 17.1. The summed E-state index contributed by atoms with van der Waals surface area (Å²) in [7, 11) is 0. The minimum Gasteiger partial charge on any atom is -0.351 e. The topological polar surface area (TPSA) is 41.1 Å². The van der Waals surface area contributed by atoms with Crippen molar-refractivity contribution in [3.63, 3.8) is 0 Å². The number of nitrogens with one attached hydrogen (secondary N) is 2. The van der Waals surface area contributed by atoms with Crippen LogP contribution < -0.4 is 10.6 Å². The van der Waals surface area contributed by atoms with Crippen molar-refractivity contribution >= 4 is 29.9 Å². The number of carbonyl (C=O) groups excluding carboxylic acids is 1. The molecular formula is C15H22Cl2N2O. The van der Waals surface area contributed by atoms with Gasteiger partial charge in [-0.3, -0.25) is 4.79 Å². The summed E-state index contributed by atoms with van der Waals surface area (Å²) in [5.41, 5.74) is 1.85. The van der Waals surface area contributed by atoms with Crippen LogP contribution in [0.15, 0.2) is 18.2 Å². The van der Waals surface area contributed by atoms with Crippen LogP contribution in [0.1, 0.15) is 35.7 Å². The number of hydrogen-bond donors (Lipinski definition) is 2. The predicted octanol–water partition coefficient (Wildman–Crippen LogP) is 3.19. The van der Waals surface area contributed by atoms with Crippen LogP contribution in [0.3, 0.4) is 0 Å². The van der Waals surface area contributed by atoms with Crippen LogP contribution in [0.2, 0.25) is 5.02 Å².